The van der Waals surface area contributed by atoms with Gasteiger partial charge in [-0.1, -0.05) is 41.9 Å². The Morgan fingerprint density at radius 3 is 2.62 bits per heavy atom. The Balaban J connectivity index is 2.24. The lowest BCUT2D eigenvalue weighted by atomic mass is 10.1. The minimum atomic E-state index is 0.565. The molecule has 0 saturated carbocycles. The maximum Gasteiger partial charge on any atom is 0.0207 e. The van der Waals surface area contributed by atoms with Crippen molar-refractivity contribution in [1.29, 1.82) is 0 Å². The molecule has 0 heterocycles. The first-order valence-electron chi connectivity index (χ1n) is 5.78. The van der Waals surface area contributed by atoms with Crippen LogP contribution < -0.4 is 10.6 Å². The topological polar surface area (TPSA) is 24.1 Å². The average Bonchev–Trinajstić information content (AvgIpc) is 2.22. The smallest absolute Gasteiger partial charge is 0.0207 e. The van der Waals surface area contributed by atoms with Crippen LogP contribution in [0.15, 0.2) is 22.7 Å². The second-order valence-electron chi connectivity index (χ2n) is 4.37. The molecule has 0 radical (unpaired) electrons. The molecule has 0 fully saturated rings. The second kappa shape index (κ2) is 7.05. The van der Waals surface area contributed by atoms with Crippen LogP contribution in [0.2, 0.25) is 0 Å². The summed E-state index contributed by atoms with van der Waals surface area (Å²) >= 11 is 3.55. The second-order valence-corrected chi connectivity index (χ2v) is 5.22. The van der Waals surface area contributed by atoms with Gasteiger partial charge in [0, 0.05) is 30.1 Å². The van der Waals surface area contributed by atoms with E-state index < -0.39 is 0 Å². The van der Waals surface area contributed by atoms with Crippen molar-refractivity contribution < 1.29 is 0 Å². The first-order valence-corrected chi connectivity index (χ1v) is 6.58. The number of hydrogen-bond donors (Lipinski definition) is 2. The first-order chi connectivity index (χ1) is 7.59. The van der Waals surface area contributed by atoms with Gasteiger partial charge in [0.2, 0.25) is 0 Å². The molecule has 0 amide bonds. The van der Waals surface area contributed by atoms with Gasteiger partial charge >= 0.3 is 0 Å². The first kappa shape index (κ1) is 13.7. The predicted molar refractivity (Wildman–Crippen MR) is 73.7 cm³/mol. The van der Waals surface area contributed by atoms with Crippen molar-refractivity contribution in [2.75, 3.05) is 13.1 Å². The fourth-order valence-electron chi connectivity index (χ4n) is 1.43. The van der Waals surface area contributed by atoms with Gasteiger partial charge in [-0.2, -0.15) is 0 Å². The summed E-state index contributed by atoms with van der Waals surface area (Å²) in [6.07, 6.45) is 0. The molecule has 0 aliphatic heterocycles. The Hall–Kier alpha value is -0.380. The summed E-state index contributed by atoms with van der Waals surface area (Å²) in [7, 11) is 0. The highest BCUT2D eigenvalue weighted by molar-refractivity contribution is 9.10. The molecule has 0 atom stereocenters. The van der Waals surface area contributed by atoms with Crippen LogP contribution in [0.25, 0.3) is 0 Å². The molecular formula is C13H21BrN2. The van der Waals surface area contributed by atoms with Gasteiger partial charge in [-0.3, -0.25) is 0 Å². The molecule has 0 aliphatic rings. The molecule has 16 heavy (non-hydrogen) atoms. The molecule has 2 nitrogen and oxygen atoms in total. The van der Waals surface area contributed by atoms with E-state index in [9.17, 15) is 0 Å². The molecule has 2 N–H and O–H groups in total. The Morgan fingerprint density at radius 1 is 1.25 bits per heavy atom. The maximum absolute atomic E-state index is 3.55. The van der Waals surface area contributed by atoms with Gasteiger partial charge in [0.25, 0.3) is 0 Å². The SMILES string of the molecule is Cc1ccc(CNCCNC(C)C)cc1Br. The highest BCUT2D eigenvalue weighted by Gasteiger charge is 1.97. The molecule has 0 aliphatic carbocycles. The van der Waals surface area contributed by atoms with Crippen LogP contribution in [0.1, 0.15) is 25.0 Å². The van der Waals surface area contributed by atoms with Crippen molar-refractivity contribution in [2.45, 2.75) is 33.4 Å². The third-order valence-electron chi connectivity index (χ3n) is 2.42. The normalized spacial score (nSPS) is 11.1. The molecule has 3 heteroatoms. The number of benzene rings is 1. The van der Waals surface area contributed by atoms with Gasteiger partial charge in [0.05, 0.1) is 0 Å². The molecule has 90 valence electrons. The monoisotopic (exact) mass is 284 g/mol. The maximum atomic E-state index is 3.55. The molecule has 0 unspecified atom stereocenters. The zero-order valence-electron chi connectivity index (χ0n) is 10.3. The highest BCUT2D eigenvalue weighted by atomic mass is 79.9. The molecule has 0 aromatic heterocycles. The van der Waals surface area contributed by atoms with Crippen LogP contribution in [0, 0.1) is 6.92 Å². The van der Waals surface area contributed by atoms with Gasteiger partial charge in [0.15, 0.2) is 0 Å². The molecule has 0 spiro atoms. The van der Waals surface area contributed by atoms with Gasteiger partial charge in [-0.15, -0.1) is 0 Å². The van der Waals surface area contributed by atoms with Crippen molar-refractivity contribution in [3.05, 3.63) is 33.8 Å². The lowest BCUT2D eigenvalue weighted by Gasteiger charge is -2.09. The Kier molecular flexibility index (Phi) is 6.03. The van der Waals surface area contributed by atoms with Crippen LogP contribution in [0.5, 0.6) is 0 Å². The van der Waals surface area contributed by atoms with E-state index in [1.54, 1.807) is 0 Å². The van der Waals surface area contributed by atoms with E-state index in [1.165, 1.54) is 15.6 Å². The van der Waals surface area contributed by atoms with Crippen molar-refractivity contribution >= 4 is 15.9 Å². The summed E-state index contributed by atoms with van der Waals surface area (Å²) in [4.78, 5) is 0. The van der Waals surface area contributed by atoms with E-state index >= 15 is 0 Å². The fraction of sp³-hybridized carbons (Fsp3) is 0.538. The molecule has 1 rings (SSSR count). The highest BCUT2D eigenvalue weighted by Crippen LogP contribution is 2.17. The molecule has 1 aromatic carbocycles. The number of rotatable bonds is 6. The summed E-state index contributed by atoms with van der Waals surface area (Å²) in [5.41, 5.74) is 2.60. The van der Waals surface area contributed by atoms with E-state index in [4.69, 9.17) is 0 Å². The molecule has 0 bridgehead atoms. The van der Waals surface area contributed by atoms with Crippen LogP contribution in [0.3, 0.4) is 0 Å². The van der Waals surface area contributed by atoms with E-state index in [-0.39, 0.29) is 0 Å². The average molecular weight is 285 g/mol. The largest absolute Gasteiger partial charge is 0.313 e. The van der Waals surface area contributed by atoms with Crippen molar-refractivity contribution in [3.8, 4) is 0 Å². The number of hydrogen-bond acceptors (Lipinski definition) is 2. The Bertz CT molecular complexity index is 324. The third kappa shape index (κ3) is 5.10. The predicted octanol–water partition coefficient (Wildman–Crippen LogP) is 2.85. The Morgan fingerprint density at radius 2 is 2.00 bits per heavy atom. The van der Waals surface area contributed by atoms with Crippen molar-refractivity contribution in [2.24, 2.45) is 0 Å². The minimum Gasteiger partial charge on any atom is -0.313 e. The van der Waals surface area contributed by atoms with E-state index in [0.717, 1.165) is 19.6 Å². The summed E-state index contributed by atoms with van der Waals surface area (Å²) < 4.78 is 1.19. The lowest BCUT2D eigenvalue weighted by molar-refractivity contribution is 0.555. The summed E-state index contributed by atoms with van der Waals surface area (Å²) in [6.45, 7) is 9.38. The van der Waals surface area contributed by atoms with E-state index in [1.807, 2.05) is 0 Å². The molecule has 1 aromatic rings. The third-order valence-corrected chi connectivity index (χ3v) is 3.27. The molecule has 0 saturated heterocycles. The standard InChI is InChI=1S/C13H21BrN2/c1-10(2)16-7-6-15-9-12-5-4-11(3)13(14)8-12/h4-5,8,10,15-16H,6-7,9H2,1-3H3. The van der Waals surface area contributed by atoms with Crippen molar-refractivity contribution in [3.63, 3.8) is 0 Å². The lowest BCUT2D eigenvalue weighted by Crippen LogP contribution is -2.31. The fourth-order valence-corrected chi connectivity index (χ4v) is 1.85. The van der Waals surface area contributed by atoms with Crippen LogP contribution in [-0.4, -0.2) is 19.1 Å². The number of aryl methyl sites for hydroxylation is 1. The van der Waals surface area contributed by atoms with Gasteiger partial charge in [-0.05, 0) is 24.1 Å². The zero-order chi connectivity index (χ0) is 12.0. The summed E-state index contributed by atoms with van der Waals surface area (Å²) in [5, 5.41) is 6.80. The van der Waals surface area contributed by atoms with Crippen LogP contribution >= 0.6 is 15.9 Å². The Labute approximate surface area is 107 Å². The van der Waals surface area contributed by atoms with E-state index in [0.29, 0.717) is 6.04 Å². The minimum absolute atomic E-state index is 0.565. The van der Waals surface area contributed by atoms with Crippen molar-refractivity contribution in [1.82, 2.24) is 10.6 Å². The molecular weight excluding hydrogens is 264 g/mol. The quantitative estimate of drug-likeness (QED) is 0.785. The van der Waals surface area contributed by atoms with Crippen LogP contribution in [0.4, 0.5) is 0 Å². The number of halogens is 1. The van der Waals surface area contributed by atoms with Crippen LogP contribution in [-0.2, 0) is 6.54 Å². The van der Waals surface area contributed by atoms with Gasteiger partial charge in [-0.25, -0.2) is 0 Å². The van der Waals surface area contributed by atoms with E-state index in [2.05, 4.69) is 65.5 Å². The van der Waals surface area contributed by atoms with Gasteiger partial charge in [0.1, 0.15) is 0 Å². The zero-order valence-corrected chi connectivity index (χ0v) is 11.9. The number of nitrogens with one attached hydrogen (secondary N) is 2. The summed E-state index contributed by atoms with van der Waals surface area (Å²) in [6, 6.07) is 7.06. The summed E-state index contributed by atoms with van der Waals surface area (Å²) in [5.74, 6) is 0. The van der Waals surface area contributed by atoms with Gasteiger partial charge < -0.3 is 10.6 Å².